The van der Waals surface area contributed by atoms with Gasteiger partial charge >= 0.3 is 6.29 Å². The molecule has 0 aliphatic carbocycles. The molecule has 1 unspecified atom stereocenters. The van der Waals surface area contributed by atoms with Gasteiger partial charge in [0.15, 0.2) is 11.5 Å². The number of carbonyl (C=O) groups is 1. The fourth-order valence-electron chi connectivity index (χ4n) is 1.74. The smallest absolute Gasteiger partial charge is 0.395 e. The second-order valence-corrected chi connectivity index (χ2v) is 4.43. The highest BCUT2D eigenvalue weighted by molar-refractivity contribution is 5.84. The van der Waals surface area contributed by atoms with Gasteiger partial charge in [-0.1, -0.05) is 0 Å². The summed E-state index contributed by atoms with van der Waals surface area (Å²) in [5, 5.41) is 2.91. The third kappa shape index (κ3) is 2.86. The molecule has 0 radical (unpaired) electrons. The predicted molar refractivity (Wildman–Crippen MR) is 64.4 cm³/mol. The van der Waals surface area contributed by atoms with Gasteiger partial charge in [0.05, 0.1) is 0 Å². The van der Waals surface area contributed by atoms with E-state index in [0.29, 0.717) is 5.69 Å². The van der Waals surface area contributed by atoms with Crippen molar-refractivity contribution in [1.82, 2.24) is 4.90 Å². The number of nitrogens with one attached hydrogen (secondary N) is 1. The highest BCUT2D eigenvalue weighted by Gasteiger charge is 2.43. The Labute approximate surface area is 109 Å². The summed E-state index contributed by atoms with van der Waals surface area (Å²) in [6.07, 6.45) is -3.63. The Morgan fingerprint density at radius 3 is 2.58 bits per heavy atom. The van der Waals surface area contributed by atoms with E-state index in [1.807, 2.05) is 0 Å². The van der Waals surface area contributed by atoms with Crippen LogP contribution in [0.25, 0.3) is 0 Å². The van der Waals surface area contributed by atoms with Gasteiger partial charge in [0.25, 0.3) is 0 Å². The third-order valence-corrected chi connectivity index (χ3v) is 2.60. The number of ether oxygens (including phenoxy) is 2. The Bertz CT molecular complexity index is 506. The minimum absolute atomic E-state index is 0.0258. The first-order chi connectivity index (χ1) is 8.78. The van der Waals surface area contributed by atoms with E-state index in [0.717, 1.165) is 0 Å². The number of hydrogen-bond acceptors (Lipinski definition) is 4. The van der Waals surface area contributed by atoms with Gasteiger partial charge in [0, 0.05) is 25.8 Å². The van der Waals surface area contributed by atoms with Crippen molar-refractivity contribution in [2.75, 3.05) is 19.4 Å². The van der Waals surface area contributed by atoms with E-state index >= 15 is 0 Å². The van der Waals surface area contributed by atoms with Crippen molar-refractivity contribution in [2.24, 2.45) is 0 Å². The highest BCUT2D eigenvalue weighted by atomic mass is 19.3. The molecule has 104 valence electrons. The van der Waals surface area contributed by atoms with Crippen LogP contribution in [0.15, 0.2) is 18.2 Å². The molecular weight excluding hydrogens is 258 g/mol. The molecular formula is C12H14F2N2O3. The first kappa shape index (κ1) is 13.4. The zero-order chi connectivity index (χ0) is 14.2. The van der Waals surface area contributed by atoms with Crippen molar-refractivity contribution in [3.05, 3.63) is 18.2 Å². The lowest BCUT2D eigenvalue weighted by Gasteiger charge is -2.19. The monoisotopic (exact) mass is 272 g/mol. The maximum Gasteiger partial charge on any atom is 0.586 e. The van der Waals surface area contributed by atoms with Crippen LogP contribution >= 0.6 is 0 Å². The van der Waals surface area contributed by atoms with Crippen molar-refractivity contribution < 1.29 is 23.0 Å². The van der Waals surface area contributed by atoms with Crippen molar-refractivity contribution in [3.8, 4) is 11.5 Å². The molecule has 1 amide bonds. The Balaban J connectivity index is 2.10. The standard InChI is InChI=1S/C12H14F2N2O3/c1-7(11(17)16(2)3)15-8-4-5-9-10(6-8)19-12(13,14)18-9/h4-7,15H,1-3H3. The molecule has 1 N–H and O–H groups in total. The second-order valence-electron chi connectivity index (χ2n) is 4.43. The van der Waals surface area contributed by atoms with Crippen LogP contribution < -0.4 is 14.8 Å². The van der Waals surface area contributed by atoms with Crippen molar-refractivity contribution in [3.63, 3.8) is 0 Å². The number of rotatable bonds is 3. The summed E-state index contributed by atoms with van der Waals surface area (Å²) in [4.78, 5) is 13.1. The molecule has 2 rings (SSSR count). The SMILES string of the molecule is CC(Nc1ccc2c(c1)OC(F)(F)O2)C(=O)N(C)C. The zero-order valence-electron chi connectivity index (χ0n) is 10.7. The Hall–Kier alpha value is -2.05. The number of likely N-dealkylation sites (N-methyl/N-ethyl adjacent to an activating group) is 1. The molecule has 0 aromatic heterocycles. The second kappa shape index (κ2) is 4.56. The van der Waals surface area contributed by atoms with E-state index in [1.165, 1.54) is 17.0 Å². The molecule has 1 aliphatic rings. The van der Waals surface area contributed by atoms with Gasteiger partial charge in [-0.2, -0.15) is 0 Å². The number of anilines is 1. The number of carbonyl (C=O) groups excluding carboxylic acids is 1. The molecule has 1 aromatic carbocycles. The van der Waals surface area contributed by atoms with Crippen molar-refractivity contribution in [2.45, 2.75) is 19.3 Å². The van der Waals surface area contributed by atoms with Gasteiger partial charge in [-0.3, -0.25) is 4.79 Å². The molecule has 1 heterocycles. The summed E-state index contributed by atoms with van der Waals surface area (Å²) in [7, 11) is 3.28. The number of alkyl halides is 2. The maximum absolute atomic E-state index is 12.8. The van der Waals surface area contributed by atoms with Crippen LogP contribution in [0.5, 0.6) is 11.5 Å². The molecule has 0 fully saturated rings. The van der Waals surface area contributed by atoms with E-state index in [9.17, 15) is 13.6 Å². The summed E-state index contributed by atoms with van der Waals surface area (Å²) in [6, 6.07) is 3.81. The Kier molecular flexibility index (Phi) is 3.21. The zero-order valence-corrected chi connectivity index (χ0v) is 10.7. The highest BCUT2D eigenvalue weighted by Crippen LogP contribution is 2.42. The molecule has 7 heteroatoms. The predicted octanol–water partition coefficient (Wildman–Crippen LogP) is 1.90. The van der Waals surface area contributed by atoms with E-state index in [2.05, 4.69) is 14.8 Å². The fourth-order valence-corrected chi connectivity index (χ4v) is 1.74. The van der Waals surface area contributed by atoms with E-state index in [4.69, 9.17) is 0 Å². The Morgan fingerprint density at radius 2 is 1.95 bits per heavy atom. The number of hydrogen-bond donors (Lipinski definition) is 1. The van der Waals surface area contributed by atoms with E-state index in [-0.39, 0.29) is 17.4 Å². The van der Waals surface area contributed by atoms with Crippen LogP contribution in [-0.2, 0) is 4.79 Å². The van der Waals surface area contributed by atoms with Crippen molar-refractivity contribution in [1.29, 1.82) is 0 Å². The normalized spacial score (nSPS) is 16.9. The fraction of sp³-hybridized carbons (Fsp3) is 0.417. The lowest BCUT2D eigenvalue weighted by atomic mass is 10.2. The van der Waals surface area contributed by atoms with Gasteiger partial charge in [-0.05, 0) is 19.1 Å². The average molecular weight is 272 g/mol. The van der Waals surface area contributed by atoms with Gasteiger partial charge in [0.1, 0.15) is 6.04 Å². The van der Waals surface area contributed by atoms with Gasteiger partial charge < -0.3 is 19.7 Å². The first-order valence-electron chi connectivity index (χ1n) is 5.66. The third-order valence-electron chi connectivity index (χ3n) is 2.60. The first-order valence-corrected chi connectivity index (χ1v) is 5.66. The summed E-state index contributed by atoms with van der Waals surface area (Å²) >= 11 is 0. The molecule has 1 atom stereocenters. The van der Waals surface area contributed by atoms with Crippen molar-refractivity contribution >= 4 is 11.6 Å². The van der Waals surface area contributed by atoms with Crippen LogP contribution in [0.2, 0.25) is 0 Å². The van der Waals surface area contributed by atoms with Gasteiger partial charge in [0.2, 0.25) is 5.91 Å². The Morgan fingerprint density at radius 1 is 1.32 bits per heavy atom. The lowest BCUT2D eigenvalue weighted by molar-refractivity contribution is -0.286. The van der Waals surface area contributed by atoms with Crippen LogP contribution in [-0.4, -0.2) is 37.2 Å². The largest absolute Gasteiger partial charge is 0.586 e. The molecule has 5 nitrogen and oxygen atoms in total. The van der Waals surface area contributed by atoms with Crippen LogP contribution in [0, 0.1) is 0 Å². The van der Waals surface area contributed by atoms with Gasteiger partial charge in [-0.15, -0.1) is 8.78 Å². The summed E-state index contributed by atoms with van der Waals surface area (Å²) < 4.78 is 34.3. The number of nitrogens with zero attached hydrogens (tertiary/aromatic N) is 1. The van der Waals surface area contributed by atoms with Crippen LogP contribution in [0.4, 0.5) is 14.5 Å². The minimum atomic E-state index is -3.63. The molecule has 0 saturated heterocycles. The summed E-state index contributed by atoms with van der Waals surface area (Å²) in [6.45, 7) is 1.68. The van der Waals surface area contributed by atoms with E-state index < -0.39 is 12.3 Å². The van der Waals surface area contributed by atoms with Gasteiger partial charge in [-0.25, -0.2) is 0 Å². The summed E-state index contributed by atoms with van der Waals surface area (Å²) in [5.41, 5.74) is 0.503. The molecule has 0 bridgehead atoms. The maximum atomic E-state index is 12.8. The molecule has 19 heavy (non-hydrogen) atoms. The topological polar surface area (TPSA) is 50.8 Å². The molecule has 0 saturated carbocycles. The van der Waals surface area contributed by atoms with Crippen LogP contribution in [0.1, 0.15) is 6.92 Å². The number of halogens is 2. The molecule has 0 spiro atoms. The van der Waals surface area contributed by atoms with Crippen LogP contribution in [0.3, 0.4) is 0 Å². The molecule has 1 aromatic rings. The quantitative estimate of drug-likeness (QED) is 0.913. The summed E-state index contributed by atoms with van der Waals surface area (Å²) in [5.74, 6) is -0.204. The minimum Gasteiger partial charge on any atom is -0.395 e. The lowest BCUT2D eigenvalue weighted by Crippen LogP contribution is -2.36. The average Bonchev–Trinajstić information content (AvgIpc) is 2.60. The van der Waals surface area contributed by atoms with E-state index in [1.54, 1.807) is 27.1 Å². The number of fused-ring (bicyclic) bond motifs is 1. The number of amides is 1. The molecule has 1 aliphatic heterocycles. The number of benzene rings is 1.